The van der Waals surface area contributed by atoms with Gasteiger partial charge in [0, 0.05) is 18.0 Å². The number of hydrogen-bond acceptors (Lipinski definition) is 2. The van der Waals surface area contributed by atoms with E-state index < -0.39 is 0 Å². The van der Waals surface area contributed by atoms with Crippen molar-refractivity contribution in [1.29, 1.82) is 0 Å². The largest absolute Gasteiger partial charge is 0.381 e. The van der Waals surface area contributed by atoms with Gasteiger partial charge in [0.25, 0.3) is 0 Å². The number of carbonyl (C=O) groups excluding carboxylic acids is 1. The average Bonchev–Trinajstić information content (AvgIpc) is 2.65. The predicted molar refractivity (Wildman–Crippen MR) is 59.5 cm³/mol. The number of nitrogens with one attached hydrogen (secondary N) is 1. The molecule has 82 valence electrons. The summed E-state index contributed by atoms with van der Waals surface area (Å²) in [5.41, 5.74) is 0. The minimum absolute atomic E-state index is 0.0651. The third-order valence-electron chi connectivity index (χ3n) is 2.60. The maximum absolute atomic E-state index is 11.7. The van der Waals surface area contributed by atoms with Crippen LogP contribution in [-0.2, 0) is 9.53 Å². The normalized spacial score (nSPS) is 23.9. The van der Waals surface area contributed by atoms with Gasteiger partial charge in [-0.05, 0) is 12.3 Å². The van der Waals surface area contributed by atoms with Gasteiger partial charge in [-0.2, -0.15) is 0 Å². The Bertz CT molecular complexity index is 191. The number of hydrogen-bond donors (Lipinski definition) is 1. The Morgan fingerprint density at radius 1 is 1.64 bits per heavy atom. The molecule has 0 spiro atoms. The predicted octanol–water partition coefficient (Wildman–Crippen LogP) is 1.56. The Labute approximate surface area is 93.7 Å². The molecule has 0 saturated carbocycles. The van der Waals surface area contributed by atoms with Crippen LogP contribution in [0.25, 0.3) is 0 Å². The van der Waals surface area contributed by atoms with Crippen LogP contribution in [0, 0.1) is 11.8 Å². The molecule has 4 heteroatoms. The Hall–Kier alpha value is -0.0900. The summed E-state index contributed by atoms with van der Waals surface area (Å²) in [5.74, 6) is 0.664. The van der Waals surface area contributed by atoms with Crippen molar-refractivity contribution >= 4 is 21.8 Å². The first-order valence-corrected chi connectivity index (χ1v) is 6.21. The van der Waals surface area contributed by atoms with Crippen LogP contribution in [0.4, 0.5) is 0 Å². The summed E-state index contributed by atoms with van der Waals surface area (Å²) in [6, 6.07) is 0.225. The van der Waals surface area contributed by atoms with Gasteiger partial charge in [-0.1, -0.05) is 29.8 Å². The minimum atomic E-state index is 0.0651. The van der Waals surface area contributed by atoms with E-state index in [2.05, 4.69) is 35.1 Å². The summed E-state index contributed by atoms with van der Waals surface area (Å²) in [5, 5.41) is 3.85. The number of alkyl halides is 1. The molecule has 0 aliphatic carbocycles. The molecule has 2 atom stereocenters. The SMILES string of the molecule is CC(C)C(CBr)NC(=O)C1CCOC1. The highest BCUT2D eigenvalue weighted by Crippen LogP contribution is 2.14. The quantitative estimate of drug-likeness (QED) is 0.782. The van der Waals surface area contributed by atoms with Gasteiger partial charge in [-0.15, -0.1) is 0 Å². The molecule has 1 rings (SSSR count). The lowest BCUT2D eigenvalue weighted by molar-refractivity contribution is -0.125. The van der Waals surface area contributed by atoms with Crippen LogP contribution in [0.3, 0.4) is 0 Å². The summed E-state index contributed by atoms with van der Waals surface area (Å²) in [4.78, 5) is 11.7. The third-order valence-corrected chi connectivity index (χ3v) is 3.30. The first kappa shape index (κ1) is 12.0. The van der Waals surface area contributed by atoms with Crippen LogP contribution in [0.15, 0.2) is 0 Å². The molecule has 0 aromatic heterocycles. The molecule has 1 N–H and O–H groups in total. The van der Waals surface area contributed by atoms with Gasteiger partial charge >= 0.3 is 0 Å². The molecular weight excluding hydrogens is 246 g/mol. The fourth-order valence-electron chi connectivity index (χ4n) is 1.43. The van der Waals surface area contributed by atoms with Crippen molar-refractivity contribution in [2.24, 2.45) is 11.8 Å². The summed E-state index contributed by atoms with van der Waals surface area (Å²) in [6.45, 7) is 5.52. The Kier molecular flexibility index (Phi) is 4.89. The molecule has 0 radical (unpaired) electrons. The maximum atomic E-state index is 11.7. The summed E-state index contributed by atoms with van der Waals surface area (Å²) in [7, 11) is 0. The van der Waals surface area contributed by atoms with E-state index in [-0.39, 0.29) is 17.9 Å². The molecule has 1 saturated heterocycles. The third kappa shape index (κ3) is 3.24. The van der Waals surface area contributed by atoms with Crippen molar-refractivity contribution in [2.75, 3.05) is 18.5 Å². The maximum Gasteiger partial charge on any atom is 0.225 e. The monoisotopic (exact) mass is 263 g/mol. The molecule has 14 heavy (non-hydrogen) atoms. The molecule has 1 heterocycles. The molecule has 1 aliphatic heterocycles. The molecule has 0 bridgehead atoms. The number of ether oxygens (including phenoxy) is 1. The molecular formula is C10H18BrNO2. The molecule has 1 fully saturated rings. The highest BCUT2D eigenvalue weighted by molar-refractivity contribution is 9.09. The van der Waals surface area contributed by atoms with Gasteiger partial charge in [-0.25, -0.2) is 0 Å². The lowest BCUT2D eigenvalue weighted by Crippen LogP contribution is -2.43. The highest BCUT2D eigenvalue weighted by Gasteiger charge is 2.25. The molecule has 0 aromatic carbocycles. The van der Waals surface area contributed by atoms with Crippen molar-refractivity contribution < 1.29 is 9.53 Å². The molecule has 3 nitrogen and oxygen atoms in total. The average molecular weight is 264 g/mol. The second-order valence-corrected chi connectivity index (χ2v) is 4.72. The molecule has 0 aromatic rings. The van der Waals surface area contributed by atoms with Crippen LogP contribution in [0.1, 0.15) is 20.3 Å². The van der Waals surface area contributed by atoms with E-state index in [1.165, 1.54) is 0 Å². The lowest BCUT2D eigenvalue weighted by Gasteiger charge is -2.21. The van der Waals surface area contributed by atoms with E-state index in [1.807, 2.05) is 0 Å². The first-order chi connectivity index (χ1) is 6.65. The van der Waals surface area contributed by atoms with E-state index in [4.69, 9.17) is 4.74 Å². The van der Waals surface area contributed by atoms with Gasteiger partial charge in [0.2, 0.25) is 5.91 Å². The fraction of sp³-hybridized carbons (Fsp3) is 0.900. The van der Waals surface area contributed by atoms with Crippen molar-refractivity contribution in [3.63, 3.8) is 0 Å². The second-order valence-electron chi connectivity index (χ2n) is 4.07. The minimum Gasteiger partial charge on any atom is -0.381 e. The standard InChI is InChI=1S/C10H18BrNO2/c1-7(2)9(5-11)12-10(13)8-3-4-14-6-8/h7-9H,3-6H2,1-2H3,(H,12,13). The second kappa shape index (κ2) is 5.71. The van der Waals surface area contributed by atoms with E-state index in [9.17, 15) is 4.79 Å². The fourth-order valence-corrected chi connectivity index (χ4v) is 2.33. The summed E-state index contributed by atoms with van der Waals surface area (Å²) in [6.07, 6.45) is 0.860. The Morgan fingerprint density at radius 2 is 2.36 bits per heavy atom. The van der Waals surface area contributed by atoms with Gasteiger partial charge in [0.1, 0.15) is 0 Å². The van der Waals surface area contributed by atoms with Crippen LogP contribution in [0.5, 0.6) is 0 Å². The van der Waals surface area contributed by atoms with E-state index in [1.54, 1.807) is 0 Å². The zero-order valence-electron chi connectivity index (χ0n) is 8.75. The van der Waals surface area contributed by atoms with Crippen molar-refractivity contribution in [3.8, 4) is 0 Å². The number of rotatable bonds is 4. The van der Waals surface area contributed by atoms with Gasteiger partial charge in [0.15, 0.2) is 0 Å². The molecule has 1 aliphatic rings. The Morgan fingerprint density at radius 3 is 2.79 bits per heavy atom. The first-order valence-electron chi connectivity index (χ1n) is 5.09. The van der Waals surface area contributed by atoms with Crippen LogP contribution in [-0.4, -0.2) is 30.5 Å². The molecule has 2 unspecified atom stereocenters. The van der Waals surface area contributed by atoms with E-state index >= 15 is 0 Å². The van der Waals surface area contributed by atoms with Crippen LogP contribution in [0.2, 0.25) is 0 Å². The summed E-state index contributed by atoms with van der Waals surface area (Å²) >= 11 is 3.41. The smallest absolute Gasteiger partial charge is 0.225 e. The lowest BCUT2D eigenvalue weighted by atomic mass is 10.0. The highest BCUT2D eigenvalue weighted by atomic mass is 79.9. The van der Waals surface area contributed by atoms with Crippen molar-refractivity contribution in [3.05, 3.63) is 0 Å². The van der Waals surface area contributed by atoms with Crippen molar-refractivity contribution in [1.82, 2.24) is 5.32 Å². The van der Waals surface area contributed by atoms with Gasteiger partial charge < -0.3 is 10.1 Å². The number of amides is 1. The van der Waals surface area contributed by atoms with E-state index in [0.29, 0.717) is 12.5 Å². The zero-order valence-corrected chi connectivity index (χ0v) is 10.3. The number of carbonyl (C=O) groups is 1. The van der Waals surface area contributed by atoms with Gasteiger partial charge in [0.05, 0.1) is 12.5 Å². The van der Waals surface area contributed by atoms with Crippen LogP contribution >= 0.6 is 15.9 Å². The zero-order chi connectivity index (χ0) is 10.6. The van der Waals surface area contributed by atoms with Crippen LogP contribution < -0.4 is 5.32 Å². The molecule has 1 amide bonds. The topological polar surface area (TPSA) is 38.3 Å². The van der Waals surface area contributed by atoms with E-state index in [0.717, 1.165) is 18.4 Å². The summed E-state index contributed by atoms with van der Waals surface area (Å²) < 4.78 is 5.18. The van der Waals surface area contributed by atoms with Gasteiger partial charge in [-0.3, -0.25) is 4.79 Å². The van der Waals surface area contributed by atoms with Crippen molar-refractivity contribution in [2.45, 2.75) is 26.3 Å². The number of halogens is 1. The Balaban J connectivity index is 2.37.